The van der Waals surface area contributed by atoms with Gasteiger partial charge in [0.1, 0.15) is 0 Å². The Kier molecular flexibility index (Phi) is 4.89. The Morgan fingerprint density at radius 2 is 2.00 bits per heavy atom. The van der Waals surface area contributed by atoms with Crippen molar-refractivity contribution in [1.82, 2.24) is 9.78 Å². The van der Waals surface area contributed by atoms with Crippen molar-refractivity contribution in [3.8, 4) is 5.69 Å². The molecule has 0 N–H and O–H groups in total. The summed E-state index contributed by atoms with van der Waals surface area (Å²) in [5.41, 5.74) is 3.58. The van der Waals surface area contributed by atoms with E-state index < -0.39 is 0 Å². The van der Waals surface area contributed by atoms with Crippen LogP contribution in [0.15, 0.2) is 30.5 Å². The maximum Gasteiger partial charge on any atom is 0.0625 e. The van der Waals surface area contributed by atoms with Gasteiger partial charge in [-0.3, -0.25) is 4.68 Å². The van der Waals surface area contributed by atoms with Gasteiger partial charge < -0.3 is 0 Å². The zero-order valence-electron chi connectivity index (χ0n) is 11.3. The van der Waals surface area contributed by atoms with Crippen LogP contribution in [0.4, 0.5) is 0 Å². The third-order valence-corrected chi connectivity index (χ3v) is 2.91. The van der Waals surface area contributed by atoms with E-state index >= 15 is 0 Å². The summed E-state index contributed by atoms with van der Waals surface area (Å²) in [5.74, 6) is 0. The molecule has 18 heavy (non-hydrogen) atoms. The molecule has 99 valence electrons. The summed E-state index contributed by atoms with van der Waals surface area (Å²) in [7, 11) is 0. The largest absolute Gasteiger partial charge is 0.265 e. The van der Waals surface area contributed by atoms with Crippen molar-refractivity contribution in [3.63, 3.8) is 0 Å². The van der Waals surface area contributed by atoms with Gasteiger partial charge in [-0.25, -0.2) is 0 Å². The molecular formula is C15H19IrN2-. The smallest absolute Gasteiger partial charge is 0.0625 e. The summed E-state index contributed by atoms with van der Waals surface area (Å²) in [4.78, 5) is 0. The molecule has 0 saturated carbocycles. The molecule has 0 atom stereocenters. The molecule has 2 aromatic rings. The first-order valence-electron chi connectivity index (χ1n) is 6.08. The molecule has 2 nitrogen and oxygen atoms in total. The van der Waals surface area contributed by atoms with Crippen LogP contribution >= 0.6 is 0 Å². The molecule has 0 spiro atoms. The number of hydrogen-bond acceptors (Lipinski definition) is 1. The molecule has 3 heteroatoms. The molecule has 0 bridgehead atoms. The molecule has 0 unspecified atom stereocenters. The fourth-order valence-electron chi connectivity index (χ4n) is 1.74. The van der Waals surface area contributed by atoms with E-state index in [9.17, 15) is 0 Å². The predicted molar refractivity (Wildman–Crippen MR) is 70.5 cm³/mol. The van der Waals surface area contributed by atoms with Crippen molar-refractivity contribution in [2.75, 3.05) is 0 Å². The average Bonchev–Trinajstić information content (AvgIpc) is 2.76. The van der Waals surface area contributed by atoms with Crippen LogP contribution in [0.3, 0.4) is 0 Å². The molecule has 1 heterocycles. The van der Waals surface area contributed by atoms with Crippen molar-refractivity contribution >= 4 is 0 Å². The van der Waals surface area contributed by atoms with Crippen LogP contribution in [-0.2, 0) is 31.9 Å². The molecule has 1 aromatic carbocycles. The zero-order chi connectivity index (χ0) is 12.5. The van der Waals surface area contributed by atoms with Crippen molar-refractivity contribution in [3.05, 3.63) is 47.8 Å². The Balaban J connectivity index is 0.00000162. The zero-order valence-corrected chi connectivity index (χ0v) is 13.7. The summed E-state index contributed by atoms with van der Waals surface area (Å²) in [6, 6.07) is 11.5. The van der Waals surface area contributed by atoms with Crippen molar-refractivity contribution in [2.24, 2.45) is 0 Å². The maximum absolute atomic E-state index is 4.51. The second kappa shape index (κ2) is 5.81. The van der Waals surface area contributed by atoms with Gasteiger partial charge in [-0.05, 0) is 23.6 Å². The molecule has 0 fully saturated rings. The summed E-state index contributed by atoms with van der Waals surface area (Å²) in [5, 5.41) is 4.51. The number of aromatic nitrogens is 2. The molecule has 1 aromatic heterocycles. The first-order valence-corrected chi connectivity index (χ1v) is 6.08. The van der Waals surface area contributed by atoms with Gasteiger partial charge >= 0.3 is 0 Å². The second-order valence-electron chi connectivity index (χ2n) is 5.32. The predicted octanol–water partition coefficient (Wildman–Crippen LogP) is 3.53. The topological polar surface area (TPSA) is 17.8 Å². The van der Waals surface area contributed by atoms with E-state index in [0.29, 0.717) is 0 Å². The van der Waals surface area contributed by atoms with E-state index in [1.54, 1.807) is 0 Å². The fraction of sp³-hybridized carbons (Fsp3) is 0.400. The minimum Gasteiger partial charge on any atom is -0.265 e. The Morgan fingerprint density at radius 1 is 1.28 bits per heavy atom. The third-order valence-electron chi connectivity index (χ3n) is 2.91. The van der Waals surface area contributed by atoms with Gasteiger partial charge in [0, 0.05) is 26.3 Å². The standard InChI is InChI=1S/C15H19N2.Ir/c1-5-13-9-10-17(16-13)14-8-6-7-12(11-14)15(2,3)4;/h6-7,9-11H,5H2,1-4H3;/q-1;. The van der Waals surface area contributed by atoms with Crippen molar-refractivity contribution < 1.29 is 20.1 Å². The van der Waals surface area contributed by atoms with Gasteiger partial charge in [0.25, 0.3) is 0 Å². The van der Waals surface area contributed by atoms with E-state index in [1.807, 2.05) is 16.9 Å². The molecule has 1 radical (unpaired) electrons. The molecule has 0 amide bonds. The Hall–Kier alpha value is -0.921. The monoisotopic (exact) mass is 420 g/mol. The van der Waals surface area contributed by atoms with Crippen LogP contribution in [0, 0.1) is 6.07 Å². The van der Waals surface area contributed by atoms with E-state index in [2.05, 4.69) is 57.1 Å². The molecule has 0 aliphatic rings. The van der Waals surface area contributed by atoms with Crippen molar-refractivity contribution in [2.45, 2.75) is 39.5 Å². The average molecular weight is 420 g/mol. The number of aryl methyl sites for hydroxylation is 1. The van der Waals surface area contributed by atoms with Crippen LogP contribution in [0.1, 0.15) is 39.0 Å². The van der Waals surface area contributed by atoms with E-state index in [0.717, 1.165) is 17.8 Å². The first kappa shape index (κ1) is 15.1. The van der Waals surface area contributed by atoms with Gasteiger partial charge in [0.2, 0.25) is 0 Å². The molecule has 0 saturated heterocycles. The summed E-state index contributed by atoms with van der Waals surface area (Å²) < 4.78 is 1.90. The minimum absolute atomic E-state index is 0. The van der Waals surface area contributed by atoms with Crippen LogP contribution in [0.25, 0.3) is 5.69 Å². The van der Waals surface area contributed by atoms with Gasteiger partial charge in [-0.1, -0.05) is 27.7 Å². The number of benzene rings is 1. The van der Waals surface area contributed by atoms with Gasteiger partial charge in [-0.2, -0.15) is 28.9 Å². The molecular weight excluding hydrogens is 400 g/mol. The van der Waals surface area contributed by atoms with E-state index in [4.69, 9.17) is 0 Å². The third kappa shape index (κ3) is 3.30. The summed E-state index contributed by atoms with van der Waals surface area (Å²) in [6.45, 7) is 8.76. The van der Waals surface area contributed by atoms with Crippen LogP contribution in [0.2, 0.25) is 0 Å². The molecule has 0 aliphatic carbocycles. The summed E-state index contributed by atoms with van der Waals surface area (Å²) >= 11 is 0. The Labute approximate surface area is 123 Å². The Bertz CT molecular complexity index is 509. The minimum atomic E-state index is 0. The Morgan fingerprint density at radius 3 is 2.56 bits per heavy atom. The van der Waals surface area contributed by atoms with Crippen LogP contribution in [0.5, 0.6) is 0 Å². The van der Waals surface area contributed by atoms with Crippen LogP contribution < -0.4 is 0 Å². The molecule has 0 aliphatic heterocycles. The quantitative estimate of drug-likeness (QED) is 0.681. The molecule has 2 rings (SSSR count). The van der Waals surface area contributed by atoms with E-state index in [1.165, 1.54) is 5.56 Å². The second-order valence-corrected chi connectivity index (χ2v) is 5.32. The normalized spacial score (nSPS) is 11.1. The number of nitrogens with zero attached hydrogens (tertiary/aromatic N) is 2. The SMILES string of the molecule is CCc1ccn(-c2[c-]ccc(C(C)(C)C)c2)n1.[Ir]. The summed E-state index contributed by atoms with van der Waals surface area (Å²) in [6.07, 6.45) is 2.96. The fourth-order valence-corrected chi connectivity index (χ4v) is 1.74. The number of hydrogen-bond donors (Lipinski definition) is 0. The first-order chi connectivity index (χ1) is 8.00. The van der Waals surface area contributed by atoms with Gasteiger partial charge in [0.15, 0.2) is 0 Å². The van der Waals surface area contributed by atoms with Crippen molar-refractivity contribution in [1.29, 1.82) is 0 Å². The van der Waals surface area contributed by atoms with E-state index in [-0.39, 0.29) is 25.5 Å². The van der Waals surface area contributed by atoms with Gasteiger partial charge in [0.05, 0.1) is 5.69 Å². The van der Waals surface area contributed by atoms with Gasteiger partial charge in [-0.15, -0.1) is 6.07 Å². The van der Waals surface area contributed by atoms with Crippen LogP contribution in [-0.4, -0.2) is 9.78 Å². The number of rotatable bonds is 2. The maximum atomic E-state index is 4.51.